The van der Waals surface area contributed by atoms with E-state index >= 15 is 0 Å². The summed E-state index contributed by atoms with van der Waals surface area (Å²) < 4.78 is 26.8. The average molecular weight is 346 g/mol. The summed E-state index contributed by atoms with van der Waals surface area (Å²) in [6.07, 6.45) is 1.86. The fraction of sp³-hybridized carbons (Fsp3) is 0.571. The fourth-order valence-electron chi connectivity index (χ4n) is 2.56. The Labute approximate surface area is 124 Å². The Morgan fingerprint density at radius 3 is 2.37 bits per heavy atom. The number of alkyl halides is 1. The Kier molecular flexibility index (Phi) is 4.69. The third kappa shape index (κ3) is 3.20. The number of piperidine rings is 1. The molecule has 0 aliphatic carbocycles. The van der Waals surface area contributed by atoms with Gasteiger partial charge < -0.3 is 0 Å². The lowest BCUT2D eigenvalue weighted by molar-refractivity contribution is 0.274. The number of aryl methyl sites for hydroxylation is 1. The highest BCUT2D eigenvalue weighted by atomic mass is 79.9. The molecule has 0 spiro atoms. The Hall–Kier alpha value is -0.390. The zero-order valence-electron chi connectivity index (χ0n) is 11.3. The third-order valence-electron chi connectivity index (χ3n) is 3.86. The van der Waals surface area contributed by atoms with E-state index in [0.29, 0.717) is 28.7 Å². The monoisotopic (exact) mass is 345 g/mol. The molecule has 1 unspecified atom stereocenters. The fourth-order valence-corrected chi connectivity index (χ4v) is 4.78. The minimum atomic E-state index is -3.32. The van der Waals surface area contributed by atoms with E-state index in [0.717, 1.165) is 18.4 Å². The zero-order valence-corrected chi connectivity index (χ0v) is 13.7. The quantitative estimate of drug-likeness (QED) is 0.789. The lowest BCUT2D eigenvalue weighted by Crippen LogP contribution is -2.40. The Balaban J connectivity index is 2.17. The van der Waals surface area contributed by atoms with Crippen molar-refractivity contribution in [2.75, 3.05) is 13.1 Å². The van der Waals surface area contributed by atoms with Gasteiger partial charge in [-0.3, -0.25) is 0 Å². The van der Waals surface area contributed by atoms with Crippen molar-refractivity contribution < 1.29 is 8.42 Å². The lowest BCUT2D eigenvalue weighted by atomic mass is 9.96. The molecule has 5 heteroatoms. The first kappa shape index (κ1) is 15.0. The Bertz CT molecular complexity index is 534. The van der Waals surface area contributed by atoms with E-state index in [-0.39, 0.29) is 0 Å². The van der Waals surface area contributed by atoms with Crippen LogP contribution in [0.4, 0.5) is 0 Å². The van der Waals surface area contributed by atoms with Gasteiger partial charge in [0, 0.05) is 17.9 Å². The molecule has 0 saturated carbocycles. The van der Waals surface area contributed by atoms with Crippen molar-refractivity contribution in [1.29, 1.82) is 0 Å². The molecule has 3 nitrogen and oxygen atoms in total. The number of halogens is 1. The van der Waals surface area contributed by atoms with Gasteiger partial charge in [-0.15, -0.1) is 0 Å². The minimum absolute atomic E-state index is 0.445. The van der Waals surface area contributed by atoms with Crippen molar-refractivity contribution in [1.82, 2.24) is 4.31 Å². The van der Waals surface area contributed by atoms with E-state index in [2.05, 4.69) is 22.9 Å². The second kappa shape index (κ2) is 5.94. The van der Waals surface area contributed by atoms with E-state index in [9.17, 15) is 8.42 Å². The summed E-state index contributed by atoms with van der Waals surface area (Å²) in [5, 5.41) is 0. The number of benzene rings is 1. The molecule has 0 aromatic heterocycles. The van der Waals surface area contributed by atoms with Gasteiger partial charge in [0.15, 0.2) is 0 Å². The van der Waals surface area contributed by atoms with Crippen LogP contribution in [0.15, 0.2) is 29.2 Å². The molecule has 1 aromatic rings. The largest absolute Gasteiger partial charge is 0.243 e. The highest BCUT2D eigenvalue weighted by molar-refractivity contribution is 9.09. The number of nitrogens with zero attached hydrogens (tertiary/aromatic N) is 1. The van der Waals surface area contributed by atoms with Crippen molar-refractivity contribution in [3.63, 3.8) is 0 Å². The van der Waals surface area contributed by atoms with Crippen LogP contribution in [-0.4, -0.2) is 30.6 Å². The van der Waals surface area contributed by atoms with Gasteiger partial charge in [-0.25, -0.2) is 8.42 Å². The molecule has 19 heavy (non-hydrogen) atoms. The lowest BCUT2D eigenvalue weighted by Gasteiger charge is -2.32. The van der Waals surface area contributed by atoms with Crippen molar-refractivity contribution in [3.05, 3.63) is 29.8 Å². The maximum absolute atomic E-state index is 12.6. The molecule has 0 amide bonds. The molecule has 106 valence electrons. The number of rotatable bonds is 3. The molecular weight excluding hydrogens is 326 g/mol. The molecule has 1 aromatic carbocycles. The predicted octanol–water partition coefficient (Wildman–Crippen LogP) is 3.18. The molecule has 0 radical (unpaired) electrons. The van der Waals surface area contributed by atoms with Crippen molar-refractivity contribution >= 4 is 26.0 Å². The zero-order chi connectivity index (χ0) is 14.0. The first-order chi connectivity index (χ1) is 8.93. The van der Waals surface area contributed by atoms with Gasteiger partial charge in [0.05, 0.1) is 4.90 Å². The summed E-state index contributed by atoms with van der Waals surface area (Å²) >= 11 is 3.59. The Morgan fingerprint density at radius 2 is 1.84 bits per heavy atom. The highest BCUT2D eigenvalue weighted by Gasteiger charge is 2.31. The van der Waals surface area contributed by atoms with E-state index in [4.69, 9.17) is 0 Å². The SMILES string of the molecule is Cc1ccccc1S(=O)(=O)N1CCC(C(C)Br)CC1. The molecule has 2 rings (SSSR count). The van der Waals surface area contributed by atoms with Gasteiger partial charge in [0.2, 0.25) is 10.0 Å². The van der Waals surface area contributed by atoms with Gasteiger partial charge >= 0.3 is 0 Å². The normalized spacial score (nSPS) is 20.4. The topological polar surface area (TPSA) is 37.4 Å². The van der Waals surface area contributed by atoms with Crippen LogP contribution in [0.1, 0.15) is 25.3 Å². The summed E-state index contributed by atoms with van der Waals surface area (Å²) in [4.78, 5) is 0.899. The van der Waals surface area contributed by atoms with Crippen LogP contribution in [-0.2, 0) is 10.0 Å². The third-order valence-corrected chi connectivity index (χ3v) is 6.67. The summed E-state index contributed by atoms with van der Waals surface area (Å²) in [7, 11) is -3.32. The van der Waals surface area contributed by atoms with Gasteiger partial charge in [-0.1, -0.05) is 41.1 Å². The van der Waals surface area contributed by atoms with Crippen molar-refractivity contribution in [2.45, 2.75) is 36.4 Å². The van der Waals surface area contributed by atoms with Gasteiger partial charge in [0.1, 0.15) is 0 Å². The summed E-state index contributed by atoms with van der Waals surface area (Å²) in [6, 6.07) is 7.20. The first-order valence-corrected chi connectivity index (χ1v) is 8.98. The second-order valence-electron chi connectivity index (χ2n) is 5.18. The van der Waals surface area contributed by atoms with Gasteiger partial charge in [-0.05, 0) is 37.3 Å². The number of hydrogen-bond donors (Lipinski definition) is 0. The first-order valence-electron chi connectivity index (χ1n) is 6.63. The molecule has 1 saturated heterocycles. The maximum atomic E-state index is 12.6. The smallest absolute Gasteiger partial charge is 0.207 e. The van der Waals surface area contributed by atoms with Crippen LogP contribution in [0.2, 0.25) is 0 Å². The predicted molar refractivity (Wildman–Crippen MR) is 81.1 cm³/mol. The van der Waals surface area contributed by atoms with Crippen molar-refractivity contribution in [3.8, 4) is 0 Å². The summed E-state index contributed by atoms with van der Waals surface area (Å²) in [5.41, 5.74) is 0.818. The van der Waals surface area contributed by atoms with Gasteiger partial charge in [0.25, 0.3) is 0 Å². The van der Waals surface area contributed by atoms with Crippen molar-refractivity contribution in [2.24, 2.45) is 5.92 Å². The molecule has 1 fully saturated rings. The van der Waals surface area contributed by atoms with E-state index in [1.807, 2.05) is 19.1 Å². The molecule has 0 N–H and O–H groups in total. The second-order valence-corrected chi connectivity index (χ2v) is 8.54. The standard InChI is InChI=1S/C14H20BrNO2S/c1-11-5-3-4-6-14(11)19(17,18)16-9-7-13(8-10-16)12(2)15/h3-6,12-13H,7-10H2,1-2H3. The number of sulfonamides is 1. The molecule has 1 atom stereocenters. The minimum Gasteiger partial charge on any atom is -0.207 e. The van der Waals surface area contributed by atoms with Crippen LogP contribution < -0.4 is 0 Å². The molecule has 1 aliphatic rings. The molecule has 1 heterocycles. The van der Waals surface area contributed by atoms with Gasteiger partial charge in [-0.2, -0.15) is 4.31 Å². The molecule has 0 bridgehead atoms. The highest BCUT2D eigenvalue weighted by Crippen LogP contribution is 2.29. The molecular formula is C14H20BrNO2S. The van der Waals surface area contributed by atoms with Crippen LogP contribution in [0.3, 0.4) is 0 Å². The van der Waals surface area contributed by atoms with Crippen LogP contribution in [0, 0.1) is 12.8 Å². The average Bonchev–Trinajstić information content (AvgIpc) is 2.39. The van der Waals surface area contributed by atoms with E-state index in [1.165, 1.54) is 0 Å². The van der Waals surface area contributed by atoms with E-state index < -0.39 is 10.0 Å². The van der Waals surface area contributed by atoms with E-state index in [1.54, 1.807) is 16.4 Å². The summed E-state index contributed by atoms with van der Waals surface area (Å²) in [6.45, 7) is 5.23. The van der Waals surface area contributed by atoms with Crippen LogP contribution in [0.25, 0.3) is 0 Å². The maximum Gasteiger partial charge on any atom is 0.243 e. The van der Waals surface area contributed by atoms with Crippen LogP contribution in [0.5, 0.6) is 0 Å². The van der Waals surface area contributed by atoms with Crippen LogP contribution >= 0.6 is 15.9 Å². The Morgan fingerprint density at radius 1 is 1.26 bits per heavy atom. The number of hydrogen-bond acceptors (Lipinski definition) is 2. The summed E-state index contributed by atoms with van der Waals surface area (Å²) in [5.74, 6) is 0.573. The molecule has 1 aliphatic heterocycles.